The molecule has 0 saturated heterocycles. The molecule has 0 atom stereocenters. The second kappa shape index (κ2) is 8.59. The molecule has 1 amide bonds. The van der Waals surface area contributed by atoms with E-state index in [2.05, 4.69) is 5.32 Å². The summed E-state index contributed by atoms with van der Waals surface area (Å²) in [4.78, 5) is 11.9. The summed E-state index contributed by atoms with van der Waals surface area (Å²) in [7, 11) is 1.65. The Labute approximate surface area is 148 Å². The zero-order valence-electron chi connectivity index (χ0n) is 14.5. The fraction of sp³-hybridized carbons (Fsp3) is 0.150. The van der Waals surface area contributed by atoms with Crippen molar-refractivity contribution in [1.29, 1.82) is 0 Å². The quantitative estimate of drug-likeness (QED) is 0.535. The van der Waals surface area contributed by atoms with Crippen LogP contribution in [0.25, 0.3) is 5.57 Å². The number of ether oxygens (including phenoxy) is 1. The van der Waals surface area contributed by atoms with E-state index in [-0.39, 0.29) is 11.4 Å². The first-order valence-electron chi connectivity index (χ1n) is 8.08. The molecule has 0 aromatic heterocycles. The maximum atomic E-state index is 11.9. The van der Waals surface area contributed by atoms with Crippen molar-refractivity contribution in [3.8, 4) is 11.5 Å². The molecule has 130 valence electrons. The van der Waals surface area contributed by atoms with Gasteiger partial charge in [0.1, 0.15) is 17.3 Å². The van der Waals surface area contributed by atoms with Crippen molar-refractivity contribution in [2.45, 2.75) is 13.3 Å². The van der Waals surface area contributed by atoms with Gasteiger partial charge in [0.05, 0.1) is 5.57 Å². The highest BCUT2D eigenvalue weighted by Gasteiger charge is 2.17. The van der Waals surface area contributed by atoms with Crippen LogP contribution >= 0.6 is 0 Å². The van der Waals surface area contributed by atoms with Gasteiger partial charge in [-0.3, -0.25) is 4.79 Å². The Morgan fingerprint density at radius 2 is 1.64 bits per heavy atom. The second-order valence-electron chi connectivity index (χ2n) is 5.37. The summed E-state index contributed by atoms with van der Waals surface area (Å²) in [5, 5.41) is 2.79. The molecule has 2 rings (SSSR count). The number of hydrogen-bond acceptors (Lipinski definition) is 4. The molecule has 0 aliphatic heterocycles. The number of benzene rings is 2. The highest BCUT2D eigenvalue weighted by molar-refractivity contribution is 6.08. The minimum Gasteiger partial charge on any atom is -0.457 e. The third-order valence-corrected chi connectivity index (χ3v) is 3.61. The maximum absolute atomic E-state index is 11.9. The van der Waals surface area contributed by atoms with Gasteiger partial charge in [-0.15, -0.1) is 0 Å². The Bertz CT molecular complexity index is 778. The van der Waals surface area contributed by atoms with Crippen molar-refractivity contribution in [2.24, 2.45) is 11.5 Å². The van der Waals surface area contributed by atoms with Crippen molar-refractivity contribution in [3.63, 3.8) is 0 Å². The monoisotopic (exact) mass is 337 g/mol. The third-order valence-electron chi connectivity index (χ3n) is 3.61. The highest BCUT2D eigenvalue weighted by atomic mass is 16.5. The lowest BCUT2D eigenvalue weighted by atomic mass is 9.96. The summed E-state index contributed by atoms with van der Waals surface area (Å²) < 4.78 is 5.79. The number of rotatable bonds is 7. The number of carbonyl (C=O) groups is 1. The summed E-state index contributed by atoms with van der Waals surface area (Å²) in [5.74, 6) is 1.14. The summed E-state index contributed by atoms with van der Waals surface area (Å²) in [5.41, 5.74) is 13.3. The number of primary amides is 1. The van der Waals surface area contributed by atoms with Gasteiger partial charge in [-0.25, -0.2) is 0 Å². The number of amides is 1. The van der Waals surface area contributed by atoms with Crippen molar-refractivity contribution in [1.82, 2.24) is 5.32 Å². The molecule has 0 saturated carbocycles. The molecule has 5 heteroatoms. The van der Waals surface area contributed by atoms with E-state index < -0.39 is 5.91 Å². The molecule has 0 bridgehead atoms. The molecule has 0 fully saturated rings. The highest BCUT2D eigenvalue weighted by Crippen LogP contribution is 2.28. The average molecular weight is 337 g/mol. The second-order valence-corrected chi connectivity index (χ2v) is 5.37. The zero-order chi connectivity index (χ0) is 18.2. The van der Waals surface area contributed by atoms with Gasteiger partial charge in [-0.05, 0) is 41.8 Å². The Morgan fingerprint density at radius 1 is 1.04 bits per heavy atom. The first-order chi connectivity index (χ1) is 12.1. The summed E-state index contributed by atoms with van der Waals surface area (Å²) in [6.07, 6.45) is 2.67. The molecule has 5 nitrogen and oxygen atoms in total. The third kappa shape index (κ3) is 4.64. The Balaban J connectivity index is 2.34. The molecule has 0 aliphatic carbocycles. The van der Waals surface area contributed by atoms with Gasteiger partial charge in [0, 0.05) is 7.05 Å². The largest absolute Gasteiger partial charge is 0.457 e. The minimum atomic E-state index is -0.573. The lowest BCUT2D eigenvalue weighted by Gasteiger charge is -2.14. The number of carbonyl (C=O) groups excluding carboxylic acids is 1. The van der Waals surface area contributed by atoms with Crippen molar-refractivity contribution >= 4 is 11.5 Å². The van der Waals surface area contributed by atoms with Gasteiger partial charge in [0.25, 0.3) is 5.91 Å². The van der Waals surface area contributed by atoms with Crippen molar-refractivity contribution in [2.75, 3.05) is 7.05 Å². The zero-order valence-corrected chi connectivity index (χ0v) is 14.5. The number of nitrogens with two attached hydrogens (primary N) is 2. The Hall–Kier alpha value is -3.21. The van der Waals surface area contributed by atoms with E-state index >= 15 is 0 Å². The number of hydrogen-bond donors (Lipinski definition) is 3. The van der Waals surface area contributed by atoms with Crippen LogP contribution in [0.4, 0.5) is 0 Å². The molecule has 0 radical (unpaired) electrons. The Kier molecular flexibility index (Phi) is 6.23. The van der Waals surface area contributed by atoms with E-state index in [1.165, 1.54) is 0 Å². The lowest BCUT2D eigenvalue weighted by Crippen LogP contribution is -2.26. The van der Waals surface area contributed by atoms with E-state index in [1.807, 2.05) is 67.6 Å². The number of allylic oxidation sites excluding steroid dienone is 1. The lowest BCUT2D eigenvalue weighted by molar-refractivity contribution is -0.114. The van der Waals surface area contributed by atoms with Crippen LogP contribution in [0.1, 0.15) is 18.9 Å². The predicted octanol–water partition coefficient (Wildman–Crippen LogP) is 3.15. The topological polar surface area (TPSA) is 90.4 Å². The molecule has 0 aliphatic rings. The molecular weight excluding hydrogens is 314 g/mol. The minimum absolute atomic E-state index is 0.247. The van der Waals surface area contributed by atoms with Crippen LogP contribution < -0.4 is 21.5 Å². The maximum Gasteiger partial charge on any atom is 0.252 e. The molecule has 0 heterocycles. The standard InChI is InChI=1S/C20H23N3O2/c1-3-7-17(18(20(22)24)19(21)23-2)14-10-12-16(13-11-14)25-15-8-5-4-6-9-15/h4-13,23H,3,21H2,1-2H3,(H2,22,24)/b17-7+,19-18+. The average Bonchev–Trinajstić information content (AvgIpc) is 2.62. The molecule has 2 aromatic rings. The smallest absolute Gasteiger partial charge is 0.252 e. The number of para-hydroxylation sites is 1. The predicted molar refractivity (Wildman–Crippen MR) is 101 cm³/mol. The van der Waals surface area contributed by atoms with Gasteiger partial charge in [-0.1, -0.05) is 43.3 Å². The van der Waals surface area contributed by atoms with E-state index in [1.54, 1.807) is 7.05 Å². The molecular formula is C20H23N3O2. The van der Waals surface area contributed by atoms with Gasteiger partial charge in [-0.2, -0.15) is 0 Å². The van der Waals surface area contributed by atoms with E-state index in [9.17, 15) is 4.79 Å². The molecule has 2 aromatic carbocycles. The first-order valence-corrected chi connectivity index (χ1v) is 8.08. The van der Waals surface area contributed by atoms with E-state index in [0.717, 1.165) is 17.7 Å². The van der Waals surface area contributed by atoms with Crippen molar-refractivity contribution < 1.29 is 9.53 Å². The fourth-order valence-corrected chi connectivity index (χ4v) is 2.43. The van der Waals surface area contributed by atoms with Gasteiger partial charge in [0.15, 0.2) is 0 Å². The van der Waals surface area contributed by atoms with Crippen LogP contribution in [0.15, 0.2) is 72.1 Å². The van der Waals surface area contributed by atoms with Crippen LogP contribution in [0.3, 0.4) is 0 Å². The molecule has 0 unspecified atom stereocenters. The summed E-state index contributed by atoms with van der Waals surface area (Å²) >= 11 is 0. The van der Waals surface area contributed by atoms with E-state index in [4.69, 9.17) is 16.2 Å². The van der Waals surface area contributed by atoms with Gasteiger partial charge < -0.3 is 21.5 Å². The van der Waals surface area contributed by atoms with Gasteiger partial charge >= 0.3 is 0 Å². The van der Waals surface area contributed by atoms with E-state index in [0.29, 0.717) is 11.3 Å². The van der Waals surface area contributed by atoms with Crippen molar-refractivity contribution in [3.05, 3.63) is 77.6 Å². The normalized spacial score (nSPS) is 12.3. The SMILES string of the molecule is CC/C=C(/C(C(N)=O)=C(/N)NC)c1ccc(Oc2ccccc2)cc1. The molecule has 25 heavy (non-hydrogen) atoms. The van der Waals surface area contributed by atoms with Crippen LogP contribution in [-0.2, 0) is 4.79 Å². The molecule has 0 spiro atoms. The van der Waals surface area contributed by atoms with Crippen LogP contribution in [-0.4, -0.2) is 13.0 Å². The fourth-order valence-electron chi connectivity index (χ4n) is 2.43. The van der Waals surface area contributed by atoms with Crippen LogP contribution in [0.5, 0.6) is 11.5 Å². The van der Waals surface area contributed by atoms with Crippen LogP contribution in [0, 0.1) is 0 Å². The van der Waals surface area contributed by atoms with Crippen LogP contribution in [0.2, 0.25) is 0 Å². The van der Waals surface area contributed by atoms with Gasteiger partial charge in [0.2, 0.25) is 0 Å². The Morgan fingerprint density at radius 3 is 2.16 bits per heavy atom. The number of nitrogens with one attached hydrogen (secondary N) is 1. The molecule has 5 N–H and O–H groups in total. The summed E-state index contributed by atoms with van der Waals surface area (Å²) in [6.45, 7) is 1.99. The first kappa shape index (κ1) is 18.1. The summed E-state index contributed by atoms with van der Waals surface area (Å²) in [6, 6.07) is 17.0.